The van der Waals surface area contributed by atoms with Gasteiger partial charge in [-0.15, -0.1) is 0 Å². The van der Waals surface area contributed by atoms with Gasteiger partial charge in [0.05, 0.1) is 11.2 Å². The smallest absolute Gasteiger partial charge is 0.326 e. The molecule has 0 aliphatic carbocycles. The maximum absolute atomic E-state index is 12.4. The third kappa shape index (κ3) is 3.69. The zero-order chi connectivity index (χ0) is 15.4. The van der Waals surface area contributed by atoms with Crippen LogP contribution in [0.25, 0.3) is 6.08 Å². The molecule has 0 saturated carbocycles. The molecule has 1 aromatic rings. The number of thiocarbonyl (C=S) groups is 1. The van der Waals surface area contributed by atoms with E-state index in [0.717, 1.165) is 11.8 Å². The largest absolute Gasteiger partial charge is 0.480 e. The average molecular weight is 343 g/mol. The lowest BCUT2D eigenvalue weighted by Crippen LogP contribution is -2.44. The van der Waals surface area contributed by atoms with Crippen LogP contribution in [0.5, 0.6) is 0 Å². The van der Waals surface area contributed by atoms with Crippen molar-refractivity contribution < 1.29 is 19.1 Å². The first-order chi connectivity index (χ1) is 10.0. The van der Waals surface area contributed by atoms with Gasteiger partial charge in [0, 0.05) is 6.08 Å². The molecular formula is C13H13NO4S3. The molecule has 1 aromatic heterocycles. The first kappa shape index (κ1) is 16.1. The summed E-state index contributed by atoms with van der Waals surface area (Å²) in [5.41, 5.74) is 0. The first-order valence-electron chi connectivity index (χ1n) is 6.07. The molecule has 1 amide bonds. The van der Waals surface area contributed by atoms with E-state index in [1.807, 2.05) is 6.26 Å². The summed E-state index contributed by atoms with van der Waals surface area (Å²) >= 11 is 7.79. The number of hydrogen-bond acceptors (Lipinski definition) is 6. The van der Waals surface area contributed by atoms with Gasteiger partial charge in [-0.05, 0) is 30.6 Å². The minimum absolute atomic E-state index is 0.270. The zero-order valence-electron chi connectivity index (χ0n) is 11.1. The minimum atomic E-state index is -1.04. The highest BCUT2D eigenvalue weighted by molar-refractivity contribution is 8.26. The van der Waals surface area contributed by atoms with E-state index in [2.05, 4.69) is 0 Å². The molecule has 1 saturated heterocycles. The number of carboxylic acids is 1. The molecule has 0 radical (unpaired) electrons. The van der Waals surface area contributed by atoms with E-state index >= 15 is 0 Å². The fourth-order valence-electron chi connectivity index (χ4n) is 1.84. The van der Waals surface area contributed by atoms with Crippen molar-refractivity contribution in [3.63, 3.8) is 0 Å². The molecule has 0 bridgehead atoms. The number of carbonyl (C=O) groups is 2. The number of amides is 1. The van der Waals surface area contributed by atoms with Crippen LogP contribution in [-0.4, -0.2) is 44.3 Å². The Bertz CT molecular complexity index is 582. The van der Waals surface area contributed by atoms with E-state index in [9.17, 15) is 14.7 Å². The summed E-state index contributed by atoms with van der Waals surface area (Å²) in [5.74, 6) is -0.244. The lowest BCUT2D eigenvalue weighted by atomic mass is 10.2. The Morgan fingerprint density at radius 3 is 3.00 bits per heavy atom. The van der Waals surface area contributed by atoms with Crippen LogP contribution in [0.15, 0.2) is 27.7 Å². The van der Waals surface area contributed by atoms with Gasteiger partial charge in [-0.3, -0.25) is 9.69 Å². The number of rotatable bonds is 6. The second kappa shape index (κ2) is 7.15. The standard InChI is InChI=1S/C13H13NO4S3/c1-20-6-4-9(12(16)17)14-11(15)10(21-13(14)19)7-8-3-2-5-18-8/h2-3,5,7,9H,4,6H2,1H3,(H,16,17). The quantitative estimate of drug-likeness (QED) is 0.629. The maximum Gasteiger partial charge on any atom is 0.326 e. The lowest BCUT2D eigenvalue weighted by molar-refractivity contribution is -0.145. The predicted octanol–water partition coefficient (Wildman–Crippen LogP) is 2.69. The average Bonchev–Trinajstić information content (AvgIpc) is 3.02. The van der Waals surface area contributed by atoms with Crippen molar-refractivity contribution in [3.8, 4) is 0 Å². The Morgan fingerprint density at radius 2 is 2.43 bits per heavy atom. The summed E-state index contributed by atoms with van der Waals surface area (Å²) < 4.78 is 5.43. The van der Waals surface area contributed by atoms with Crippen molar-refractivity contribution in [3.05, 3.63) is 29.1 Å². The van der Waals surface area contributed by atoms with E-state index in [-0.39, 0.29) is 10.2 Å². The Kier molecular flexibility index (Phi) is 5.49. The molecule has 2 rings (SSSR count). The van der Waals surface area contributed by atoms with Gasteiger partial charge in [0.2, 0.25) is 0 Å². The Morgan fingerprint density at radius 1 is 1.67 bits per heavy atom. The molecule has 1 fully saturated rings. The van der Waals surface area contributed by atoms with Crippen LogP contribution >= 0.6 is 35.7 Å². The number of nitrogens with zero attached hydrogens (tertiary/aromatic N) is 1. The summed E-state index contributed by atoms with van der Waals surface area (Å²) in [7, 11) is 0. The summed E-state index contributed by atoms with van der Waals surface area (Å²) in [6.07, 6.45) is 5.33. The first-order valence-corrected chi connectivity index (χ1v) is 8.68. The number of carbonyl (C=O) groups excluding carboxylic acids is 1. The minimum Gasteiger partial charge on any atom is -0.480 e. The van der Waals surface area contributed by atoms with E-state index in [0.29, 0.717) is 22.8 Å². The Hall–Kier alpha value is -1.25. The van der Waals surface area contributed by atoms with Gasteiger partial charge in [-0.25, -0.2) is 4.79 Å². The van der Waals surface area contributed by atoms with Crippen molar-refractivity contribution in [2.45, 2.75) is 12.5 Å². The molecule has 0 aromatic carbocycles. The number of thioether (sulfide) groups is 2. The highest BCUT2D eigenvalue weighted by Crippen LogP contribution is 2.34. The topological polar surface area (TPSA) is 70.8 Å². The fraction of sp³-hybridized carbons (Fsp3) is 0.308. The lowest BCUT2D eigenvalue weighted by Gasteiger charge is -2.22. The van der Waals surface area contributed by atoms with Crippen molar-refractivity contribution in [2.75, 3.05) is 12.0 Å². The second-order valence-corrected chi connectivity index (χ2v) is 6.86. The molecule has 2 heterocycles. The molecule has 0 spiro atoms. The molecule has 1 aliphatic heterocycles. The van der Waals surface area contributed by atoms with E-state index in [1.165, 1.54) is 22.9 Å². The molecule has 21 heavy (non-hydrogen) atoms. The van der Waals surface area contributed by atoms with E-state index in [1.54, 1.807) is 18.2 Å². The third-order valence-electron chi connectivity index (χ3n) is 2.83. The van der Waals surface area contributed by atoms with Crippen LogP contribution in [-0.2, 0) is 9.59 Å². The molecular weight excluding hydrogens is 330 g/mol. The number of aliphatic carboxylic acids is 1. The molecule has 8 heteroatoms. The van der Waals surface area contributed by atoms with Crippen molar-refractivity contribution in [1.82, 2.24) is 4.90 Å². The SMILES string of the molecule is CSCCC(C(=O)O)N1C(=O)C(=Cc2ccco2)SC1=S. The van der Waals surface area contributed by atoms with Crippen molar-refractivity contribution in [1.29, 1.82) is 0 Å². The van der Waals surface area contributed by atoms with Gasteiger partial charge in [-0.2, -0.15) is 11.8 Å². The summed E-state index contributed by atoms with van der Waals surface area (Å²) in [4.78, 5) is 25.4. The maximum atomic E-state index is 12.4. The molecule has 1 N–H and O–H groups in total. The Balaban J connectivity index is 2.22. The molecule has 1 unspecified atom stereocenters. The van der Waals surface area contributed by atoms with E-state index < -0.39 is 12.0 Å². The summed E-state index contributed by atoms with van der Waals surface area (Å²) in [6, 6.07) is 2.51. The van der Waals surface area contributed by atoms with Gasteiger partial charge < -0.3 is 9.52 Å². The molecule has 1 atom stereocenters. The van der Waals surface area contributed by atoms with Crippen LogP contribution < -0.4 is 0 Å². The third-order valence-corrected chi connectivity index (χ3v) is 4.81. The summed E-state index contributed by atoms with van der Waals surface area (Å²) in [6.45, 7) is 0. The zero-order valence-corrected chi connectivity index (χ0v) is 13.6. The predicted molar refractivity (Wildman–Crippen MR) is 88.1 cm³/mol. The number of hydrogen-bond donors (Lipinski definition) is 1. The normalized spacial score (nSPS) is 18.5. The molecule has 1 aliphatic rings. The van der Waals surface area contributed by atoms with Gasteiger partial charge in [-0.1, -0.05) is 24.0 Å². The second-order valence-electron chi connectivity index (χ2n) is 4.20. The van der Waals surface area contributed by atoms with E-state index in [4.69, 9.17) is 16.6 Å². The van der Waals surface area contributed by atoms with Gasteiger partial charge in [0.15, 0.2) is 0 Å². The van der Waals surface area contributed by atoms with Crippen LogP contribution in [0.2, 0.25) is 0 Å². The highest BCUT2D eigenvalue weighted by Gasteiger charge is 2.40. The molecule has 112 valence electrons. The number of carboxylic acid groups (broad SMARTS) is 1. The Labute approximate surface area is 135 Å². The number of furan rings is 1. The van der Waals surface area contributed by atoms with Crippen molar-refractivity contribution in [2.24, 2.45) is 0 Å². The van der Waals surface area contributed by atoms with Gasteiger partial charge >= 0.3 is 5.97 Å². The van der Waals surface area contributed by atoms with Gasteiger partial charge in [0.1, 0.15) is 16.1 Å². The monoisotopic (exact) mass is 343 g/mol. The highest BCUT2D eigenvalue weighted by atomic mass is 32.2. The summed E-state index contributed by atoms with van der Waals surface area (Å²) in [5, 5.41) is 9.33. The van der Waals surface area contributed by atoms with Crippen LogP contribution in [0.1, 0.15) is 12.2 Å². The molecule has 5 nitrogen and oxygen atoms in total. The van der Waals surface area contributed by atoms with Crippen LogP contribution in [0, 0.1) is 0 Å². The van der Waals surface area contributed by atoms with Gasteiger partial charge in [0.25, 0.3) is 5.91 Å². The van der Waals surface area contributed by atoms with Crippen molar-refractivity contribution >= 4 is 58.0 Å². The van der Waals surface area contributed by atoms with Crippen LogP contribution in [0.3, 0.4) is 0 Å². The fourth-order valence-corrected chi connectivity index (χ4v) is 3.64. The van der Waals surface area contributed by atoms with Crippen LogP contribution in [0.4, 0.5) is 0 Å².